The second-order valence-corrected chi connectivity index (χ2v) is 15.2. The van der Waals surface area contributed by atoms with Crippen LogP contribution in [0, 0.1) is 0 Å². The predicted molar refractivity (Wildman–Crippen MR) is 159 cm³/mol. The van der Waals surface area contributed by atoms with Crippen molar-refractivity contribution in [3.8, 4) is 0 Å². The van der Waals surface area contributed by atoms with E-state index in [0.29, 0.717) is 11.3 Å². The summed E-state index contributed by atoms with van der Waals surface area (Å²) >= 11 is 0. The van der Waals surface area contributed by atoms with Gasteiger partial charge in [0.1, 0.15) is 0 Å². The zero-order valence-electron chi connectivity index (χ0n) is 21.5. The molecule has 2 nitrogen and oxygen atoms in total. The molecule has 2 fully saturated rings. The van der Waals surface area contributed by atoms with Gasteiger partial charge in [0.2, 0.25) is 0 Å². The normalized spacial score (nSPS) is 24.8. The summed E-state index contributed by atoms with van der Waals surface area (Å²) in [5, 5.41) is 5.74. The first-order chi connectivity index (χ1) is 18.1. The molecule has 4 aromatic rings. The van der Waals surface area contributed by atoms with Crippen LogP contribution in [0.4, 0.5) is 0 Å². The quantitative estimate of drug-likeness (QED) is 0.276. The minimum absolute atomic E-state index is 0.0673. The minimum Gasteiger partial charge on any atom is -0.345 e. The van der Waals surface area contributed by atoms with Crippen molar-refractivity contribution in [2.45, 2.75) is 56.0 Å². The van der Waals surface area contributed by atoms with E-state index in [-0.39, 0.29) is 12.2 Å². The summed E-state index contributed by atoms with van der Waals surface area (Å²) in [6, 6.07) is 44.7. The monoisotopic (exact) mass is 524 g/mol. The molecule has 0 N–H and O–H groups in total. The van der Waals surface area contributed by atoms with E-state index in [1.54, 1.807) is 0 Å². The van der Waals surface area contributed by atoms with E-state index in [2.05, 4.69) is 135 Å². The van der Waals surface area contributed by atoms with Gasteiger partial charge in [0.15, 0.2) is 5.79 Å². The maximum atomic E-state index is 6.85. The Hall–Kier alpha value is -2.34. The predicted octanol–water partition coefficient (Wildman–Crippen LogP) is 6.30. The summed E-state index contributed by atoms with van der Waals surface area (Å²) in [6.45, 7) is 4.17. The van der Waals surface area contributed by atoms with Gasteiger partial charge in [0.25, 0.3) is 0 Å². The van der Waals surface area contributed by atoms with Crippen molar-refractivity contribution in [3.05, 3.63) is 121 Å². The lowest BCUT2D eigenvalue weighted by Crippen LogP contribution is -2.50. The van der Waals surface area contributed by atoms with Crippen LogP contribution in [-0.4, -0.2) is 29.3 Å². The minimum atomic E-state index is -0.684. The number of fused-ring (bicyclic) bond motifs is 1. The Morgan fingerprint density at radius 1 is 0.541 bits per heavy atom. The molecule has 188 valence electrons. The first-order valence-electron chi connectivity index (χ1n) is 13.2. The second-order valence-electron chi connectivity index (χ2n) is 10.4. The van der Waals surface area contributed by atoms with Crippen molar-refractivity contribution < 1.29 is 9.47 Å². The largest absolute Gasteiger partial charge is 0.345 e. The first-order valence-corrected chi connectivity index (χ1v) is 16.1. The average Bonchev–Trinajstić information content (AvgIpc) is 3.26. The molecule has 1 aliphatic heterocycles. The number of ether oxygens (including phenoxy) is 2. The molecule has 0 bridgehead atoms. The third kappa shape index (κ3) is 5.19. The van der Waals surface area contributed by atoms with Crippen molar-refractivity contribution in [2.24, 2.45) is 0 Å². The lowest BCUT2D eigenvalue weighted by Gasteiger charge is -2.46. The number of hydrogen-bond donors (Lipinski definition) is 0. The zero-order valence-corrected chi connectivity index (χ0v) is 23.3. The third-order valence-electron chi connectivity index (χ3n) is 7.47. The molecule has 0 amide bonds. The summed E-state index contributed by atoms with van der Waals surface area (Å²) in [5.74, 6) is -0.556. The standard InChI is InChI=1S/C33H34O2P2/c1-33(2)34-29-23-24-30(36(25-15-7-3-8-16-25)26-17-9-4-10-18-26)32(31(29)35-33)37(27-19-11-5-12-20-27)28-21-13-6-14-22-28/h3-22,29-32H,23-24H2,1-2H3/t29-,30+,31-,32-/m1/s1. The molecule has 1 saturated heterocycles. The van der Waals surface area contributed by atoms with Gasteiger partial charge in [0.05, 0.1) is 12.2 Å². The summed E-state index contributed by atoms with van der Waals surface area (Å²) < 4.78 is 13.4. The van der Waals surface area contributed by atoms with Gasteiger partial charge in [-0.25, -0.2) is 0 Å². The molecule has 0 spiro atoms. The van der Waals surface area contributed by atoms with E-state index in [0.717, 1.165) is 12.8 Å². The summed E-state index contributed by atoms with van der Waals surface area (Å²) in [5.41, 5.74) is 0.817. The molecule has 4 heteroatoms. The lowest BCUT2D eigenvalue weighted by atomic mass is 9.94. The van der Waals surface area contributed by atoms with Crippen molar-refractivity contribution in [2.75, 3.05) is 0 Å². The van der Waals surface area contributed by atoms with E-state index in [1.807, 2.05) is 0 Å². The Balaban J connectivity index is 1.54. The van der Waals surface area contributed by atoms with Gasteiger partial charge in [-0.2, -0.15) is 0 Å². The summed E-state index contributed by atoms with van der Waals surface area (Å²) in [7, 11) is -1.28. The third-order valence-corrected chi connectivity index (χ3v) is 13.6. The number of rotatable bonds is 6. The molecular weight excluding hydrogens is 490 g/mol. The van der Waals surface area contributed by atoms with Crippen LogP contribution in [-0.2, 0) is 9.47 Å². The van der Waals surface area contributed by atoms with Crippen molar-refractivity contribution in [1.29, 1.82) is 0 Å². The molecule has 0 radical (unpaired) electrons. The van der Waals surface area contributed by atoms with Crippen LogP contribution < -0.4 is 21.2 Å². The molecule has 4 aromatic carbocycles. The maximum Gasteiger partial charge on any atom is 0.163 e. The highest BCUT2D eigenvalue weighted by molar-refractivity contribution is 7.77. The first kappa shape index (κ1) is 25.0. The van der Waals surface area contributed by atoms with Crippen LogP contribution in [0.15, 0.2) is 121 Å². The van der Waals surface area contributed by atoms with Gasteiger partial charge < -0.3 is 9.47 Å². The van der Waals surface area contributed by atoms with E-state index in [9.17, 15) is 0 Å². The van der Waals surface area contributed by atoms with Gasteiger partial charge >= 0.3 is 0 Å². The molecule has 1 heterocycles. The highest BCUT2D eigenvalue weighted by atomic mass is 31.1. The number of benzene rings is 4. The van der Waals surface area contributed by atoms with Gasteiger partial charge in [0, 0.05) is 5.66 Å². The van der Waals surface area contributed by atoms with E-state index < -0.39 is 21.6 Å². The van der Waals surface area contributed by atoms with Gasteiger partial charge in [-0.15, -0.1) is 0 Å². The van der Waals surface area contributed by atoms with Gasteiger partial charge in [-0.1, -0.05) is 121 Å². The Bertz CT molecular complexity index is 1200. The average molecular weight is 525 g/mol. The zero-order chi connectivity index (χ0) is 25.2. The molecule has 6 rings (SSSR count). The fourth-order valence-electron chi connectivity index (χ4n) is 6.08. The molecule has 37 heavy (non-hydrogen) atoms. The summed E-state index contributed by atoms with van der Waals surface area (Å²) in [4.78, 5) is 0. The fourth-order valence-corrected chi connectivity index (χ4v) is 12.8. The topological polar surface area (TPSA) is 18.5 Å². The molecule has 1 saturated carbocycles. The molecule has 0 aromatic heterocycles. The Morgan fingerprint density at radius 3 is 1.38 bits per heavy atom. The maximum absolute atomic E-state index is 6.85. The fraction of sp³-hybridized carbons (Fsp3) is 0.273. The molecule has 0 unspecified atom stereocenters. The van der Waals surface area contributed by atoms with Crippen LogP contribution in [0.1, 0.15) is 26.7 Å². The van der Waals surface area contributed by atoms with Crippen LogP contribution in [0.3, 0.4) is 0 Å². The smallest absolute Gasteiger partial charge is 0.163 e. The van der Waals surface area contributed by atoms with E-state index in [1.165, 1.54) is 21.2 Å². The lowest BCUT2D eigenvalue weighted by molar-refractivity contribution is -0.145. The van der Waals surface area contributed by atoms with Gasteiger partial charge in [-0.3, -0.25) is 0 Å². The van der Waals surface area contributed by atoms with E-state index in [4.69, 9.17) is 9.47 Å². The van der Waals surface area contributed by atoms with Crippen molar-refractivity contribution >= 4 is 37.1 Å². The molecular formula is C33H34O2P2. The van der Waals surface area contributed by atoms with Crippen molar-refractivity contribution in [3.63, 3.8) is 0 Å². The molecule has 2 aliphatic rings. The van der Waals surface area contributed by atoms with Crippen LogP contribution in [0.25, 0.3) is 0 Å². The van der Waals surface area contributed by atoms with Crippen LogP contribution >= 0.6 is 15.8 Å². The Labute approximate surface area is 223 Å². The Morgan fingerprint density at radius 2 is 0.946 bits per heavy atom. The second kappa shape index (κ2) is 10.8. The van der Waals surface area contributed by atoms with Crippen molar-refractivity contribution in [1.82, 2.24) is 0 Å². The molecule has 4 atom stereocenters. The van der Waals surface area contributed by atoms with Crippen LogP contribution in [0.2, 0.25) is 0 Å². The Kier molecular flexibility index (Phi) is 7.29. The van der Waals surface area contributed by atoms with Gasteiger partial charge in [-0.05, 0) is 69.4 Å². The highest BCUT2D eigenvalue weighted by Gasteiger charge is 2.54. The molecule has 1 aliphatic carbocycles. The SMILES string of the molecule is CC1(C)O[C@H]2[C@H](P(c3ccccc3)c3ccccc3)[C@@H](P(c3ccccc3)c3ccccc3)CC[C@H]2O1. The summed E-state index contributed by atoms with van der Waals surface area (Å²) in [6.07, 6.45) is 2.38. The van der Waals surface area contributed by atoms with Crippen LogP contribution in [0.5, 0.6) is 0 Å². The highest BCUT2D eigenvalue weighted by Crippen LogP contribution is 2.59. The van der Waals surface area contributed by atoms with E-state index >= 15 is 0 Å². The number of hydrogen-bond acceptors (Lipinski definition) is 2.